The summed E-state index contributed by atoms with van der Waals surface area (Å²) in [5, 5.41) is 0. The van der Waals surface area contributed by atoms with Crippen LogP contribution in [0.2, 0.25) is 4.34 Å². The van der Waals surface area contributed by atoms with Gasteiger partial charge in [-0.15, -0.1) is 17.9 Å². The minimum atomic E-state index is 0.546. The van der Waals surface area contributed by atoms with Gasteiger partial charge in [0.05, 0.1) is 4.34 Å². The van der Waals surface area contributed by atoms with Gasteiger partial charge in [-0.3, -0.25) is 0 Å². The van der Waals surface area contributed by atoms with Gasteiger partial charge in [0.25, 0.3) is 0 Å². The molecule has 1 rings (SSSR count). The highest BCUT2D eigenvalue weighted by molar-refractivity contribution is 7.16. The highest BCUT2D eigenvalue weighted by Gasteiger charge is 2.01. The summed E-state index contributed by atoms with van der Waals surface area (Å²) in [6.07, 6.45) is 3.02. The van der Waals surface area contributed by atoms with Gasteiger partial charge in [0, 0.05) is 4.88 Å². The van der Waals surface area contributed by atoms with Crippen molar-refractivity contribution in [3.8, 4) is 0 Å². The molecule has 1 heterocycles. The first-order valence-electron chi connectivity index (χ1n) is 3.59. The van der Waals surface area contributed by atoms with Crippen LogP contribution in [0.25, 0.3) is 0 Å². The van der Waals surface area contributed by atoms with Crippen molar-refractivity contribution in [2.45, 2.75) is 13.3 Å². The van der Waals surface area contributed by atoms with Crippen LogP contribution >= 0.6 is 22.9 Å². The van der Waals surface area contributed by atoms with E-state index in [2.05, 4.69) is 19.6 Å². The first kappa shape index (κ1) is 8.82. The smallest absolute Gasteiger partial charge is 0.0931 e. The second-order valence-corrected chi connectivity index (χ2v) is 4.42. The topological polar surface area (TPSA) is 0 Å². The molecule has 0 saturated heterocycles. The summed E-state index contributed by atoms with van der Waals surface area (Å²) < 4.78 is 0.872. The maximum Gasteiger partial charge on any atom is 0.0931 e. The lowest BCUT2D eigenvalue weighted by molar-refractivity contribution is 0.735. The minimum absolute atomic E-state index is 0.546. The van der Waals surface area contributed by atoms with Crippen molar-refractivity contribution in [1.29, 1.82) is 0 Å². The Labute approximate surface area is 76.5 Å². The zero-order valence-electron chi connectivity index (χ0n) is 6.51. The second kappa shape index (κ2) is 3.93. The predicted octanol–water partition coefficient (Wildman–Crippen LogP) is 3.77. The summed E-state index contributed by atoms with van der Waals surface area (Å²) in [7, 11) is 0. The van der Waals surface area contributed by atoms with Crippen LogP contribution in [0.4, 0.5) is 0 Å². The second-order valence-electron chi connectivity index (χ2n) is 2.62. The Hall–Kier alpha value is -0.270. The Morgan fingerprint density at radius 3 is 2.91 bits per heavy atom. The Morgan fingerprint density at radius 1 is 1.73 bits per heavy atom. The van der Waals surface area contributed by atoms with Gasteiger partial charge in [-0.25, -0.2) is 0 Å². The van der Waals surface area contributed by atoms with E-state index in [1.807, 2.05) is 12.1 Å². The number of rotatable bonds is 3. The fraction of sp³-hybridized carbons (Fsp3) is 0.333. The van der Waals surface area contributed by atoms with E-state index in [-0.39, 0.29) is 0 Å². The highest BCUT2D eigenvalue weighted by atomic mass is 35.5. The zero-order chi connectivity index (χ0) is 8.27. The number of hydrogen-bond donors (Lipinski definition) is 0. The van der Waals surface area contributed by atoms with Gasteiger partial charge in [-0.1, -0.05) is 24.6 Å². The fourth-order valence-corrected chi connectivity index (χ4v) is 2.09. The molecule has 0 radical (unpaired) electrons. The molecule has 0 aromatic carbocycles. The molecular weight excluding hydrogens is 176 g/mol. The summed E-state index contributed by atoms with van der Waals surface area (Å²) in [5.74, 6) is 0.546. The lowest BCUT2D eigenvalue weighted by atomic mass is 10.1. The lowest BCUT2D eigenvalue weighted by Crippen LogP contribution is -1.91. The summed E-state index contributed by atoms with van der Waals surface area (Å²) in [6.45, 7) is 5.89. The third-order valence-corrected chi connectivity index (χ3v) is 2.81. The van der Waals surface area contributed by atoms with Gasteiger partial charge in [0.1, 0.15) is 0 Å². The van der Waals surface area contributed by atoms with Crippen LogP contribution in [0.5, 0.6) is 0 Å². The Balaban J connectivity index is 2.57. The molecule has 0 aliphatic heterocycles. The highest BCUT2D eigenvalue weighted by Crippen LogP contribution is 2.23. The van der Waals surface area contributed by atoms with E-state index in [9.17, 15) is 0 Å². The molecule has 1 unspecified atom stereocenters. The molecule has 1 atom stereocenters. The van der Waals surface area contributed by atoms with E-state index in [0.717, 1.165) is 10.8 Å². The van der Waals surface area contributed by atoms with Gasteiger partial charge < -0.3 is 0 Å². The van der Waals surface area contributed by atoms with E-state index >= 15 is 0 Å². The van der Waals surface area contributed by atoms with Crippen molar-refractivity contribution >= 4 is 22.9 Å². The van der Waals surface area contributed by atoms with E-state index in [0.29, 0.717) is 5.92 Å². The zero-order valence-corrected chi connectivity index (χ0v) is 8.08. The maximum atomic E-state index is 5.78. The van der Waals surface area contributed by atoms with E-state index < -0.39 is 0 Å². The SMILES string of the molecule is C=CC(C)Cc1ccc(Cl)s1. The molecule has 0 aliphatic carbocycles. The molecule has 60 valence electrons. The largest absolute Gasteiger partial charge is 0.128 e. The number of halogens is 1. The molecule has 0 N–H and O–H groups in total. The minimum Gasteiger partial charge on any atom is -0.128 e. The average Bonchev–Trinajstić information content (AvgIpc) is 2.35. The van der Waals surface area contributed by atoms with Crippen LogP contribution in [0.3, 0.4) is 0 Å². The molecule has 0 amide bonds. The fourth-order valence-electron chi connectivity index (χ4n) is 0.862. The quantitative estimate of drug-likeness (QED) is 0.631. The molecule has 0 aliphatic rings. The first-order valence-corrected chi connectivity index (χ1v) is 4.78. The number of thiophene rings is 1. The maximum absolute atomic E-state index is 5.78. The van der Waals surface area contributed by atoms with Gasteiger partial charge in [0.15, 0.2) is 0 Å². The molecule has 1 aromatic rings. The van der Waals surface area contributed by atoms with Crippen molar-refractivity contribution in [1.82, 2.24) is 0 Å². The van der Waals surface area contributed by atoms with Crippen molar-refractivity contribution < 1.29 is 0 Å². The lowest BCUT2D eigenvalue weighted by Gasteiger charge is -2.00. The summed E-state index contributed by atoms with van der Waals surface area (Å²) >= 11 is 7.43. The van der Waals surface area contributed by atoms with Crippen LogP contribution in [0.1, 0.15) is 11.8 Å². The predicted molar refractivity (Wildman–Crippen MR) is 52.4 cm³/mol. The van der Waals surface area contributed by atoms with Gasteiger partial charge in [0.2, 0.25) is 0 Å². The number of allylic oxidation sites excluding steroid dienone is 1. The summed E-state index contributed by atoms with van der Waals surface area (Å²) in [5.41, 5.74) is 0. The molecule has 0 spiro atoms. The molecule has 0 saturated carbocycles. The van der Waals surface area contributed by atoms with E-state index in [4.69, 9.17) is 11.6 Å². The van der Waals surface area contributed by atoms with Crippen molar-refractivity contribution in [3.05, 3.63) is 34.0 Å². The molecule has 1 aromatic heterocycles. The Kier molecular flexibility index (Phi) is 3.16. The summed E-state index contributed by atoms with van der Waals surface area (Å²) in [6, 6.07) is 4.02. The van der Waals surface area contributed by atoms with E-state index in [1.165, 1.54) is 4.88 Å². The van der Waals surface area contributed by atoms with Crippen LogP contribution in [0, 0.1) is 5.92 Å². The van der Waals surface area contributed by atoms with E-state index in [1.54, 1.807) is 11.3 Å². The Morgan fingerprint density at radius 2 is 2.45 bits per heavy atom. The molecular formula is C9H11ClS. The number of hydrogen-bond acceptors (Lipinski definition) is 1. The summed E-state index contributed by atoms with van der Waals surface area (Å²) in [4.78, 5) is 1.34. The molecule has 11 heavy (non-hydrogen) atoms. The van der Waals surface area contributed by atoms with Crippen LogP contribution in [0.15, 0.2) is 24.8 Å². The molecule has 0 fully saturated rings. The van der Waals surface area contributed by atoms with Crippen LogP contribution in [-0.2, 0) is 6.42 Å². The van der Waals surface area contributed by atoms with Gasteiger partial charge in [-0.2, -0.15) is 0 Å². The molecule has 0 nitrogen and oxygen atoms in total. The first-order chi connectivity index (χ1) is 5.22. The van der Waals surface area contributed by atoms with Crippen molar-refractivity contribution in [3.63, 3.8) is 0 Å². The van der Waals surface area contributed by atoms with Gasteiger partial charge >= 0.3 is 0 Å². The Bertz CT molecular complexity index is 239. The monoisotopic (exact) mass is 186 g/mol. The normalized spacial score (nSPS) is 12.9. The van der Waals surface area contributed by atoms with Crippen LogP contribution in [-0.4, -0.2) is 0 Å². The molecule has 0 bridgehead atoms. The standard InChI is InChI=1S/C9H11ClS/c1-3-7(2)6-8-4-5-9(10)11-8/h3-5,7H,1,6H2,2H3. The van der Waals surface area contributed by atoms with Gasteiger partial charge in [-0.05, 0) is 24.5 Å². The van der Waals surface area contributed by atoms with Crippen molar-refractivity contribution in [2.24, 2.45) is 5.92 Å². The third kappa shape index (κ3) is 2.68. The average molecular weight is 187 g/mol. The van der Waals surface area contributed by atoms with Crippen molar-refractivity contribution in [2.75, 3.05) is 0 Å². The van der Waals surface area contributed by atoms with Crippen LogP contribution < -0.4 is 0 Å². The molecule has 2 heteroatoms. The third-order valence-electron chi connectivity index (χ3n) is 1.55.